The van der Waals surface area contributed by atoms with E-state index in [0.29, 0.717) is 12.2 Å². The van der Waals surface area contributed by atoms with E-state index in [2.05, 4.69) is 0 Å². The number of nitrogens with two attached hydrogens (primary N) is 1. The van der Waals surface area contributed by atoms with E-state index in [-0.39, 0.29) is 0 Å². The molecule has 6 aromatic rings. The number of rotatable bonds is 7. The number of hydrogen-bond donors (Lipinski definition) is 1. The second-order valence-electron chi connectivity index (χ2n) is 12.4. The van der Waals surface area contributed by atoms with Gasteiger partial charge in [0.1, 0.15) is 52.7 Å². The van der Waals surface area contributed by atoms with Crippen molar-refractivity contribution >= 4 is 33.9 Å². The molecule has 320 valence electrons. The van der Waals surface area contributed by atoms with Gasteiger partial charge in [-0.15, -0.1) is 21.9 Å². The van der Waals surface area contributed by atoms with Crippen molar-refractivity contribution in [3.63, 3.8) is 0 Å². The standard InChI is InChI=1S/C24BF20.C13H12N2O/c26-5-1(6(27)14(35)21(42)13(5)34)25(2-7(28)15(36)22(43)16(37)8(2)29,3-9(30)17(38)23(44)18(39)10(3)31)4-11(32)19(40)24(45)20(41)12(4)33;14-13(16)12-8-4-5-9-15(12)10-11-6-2-1-3-7-11/h;1-9H,10H2,(H-,14,16)/q-1;/p+1. The van der Waals surface area contributed by atoms with E-state index in [1.165, 1.54) is 0 Å². The molecular formula is C37H13BF20N2O. The van der Waals surface area contributed by atoms with Crippen LogP contribution < -0.4 is 32.2 Å². The van der Waals surface area contributed by atoms with Crippen molar-refractivity contribution in [3.8, 4) is 0 Å². The first-order valence-corrected chi connectivity index (χ1v) is 16.0. The number of pyridine rings is 1. The molecule has 0 aliphatic rings. The van der Waals surface area contributed by atoms with Crippen LogP contribution >= 0.6 is 0 Å². The Morgan fingerprint density at radius 2 is 0.623 bits per heavy atom. The molecule has 5 aromatic carbocycles. The molecule has 61 heavy (non-hydrogen) atoms. The fourth-order valence-electron chi connectivity index (χ4n) is 6.49. The van der Waals surface area contributed by atoms with Crippen molar-refractivity contribution in [2.45, 2.75) is 6.54 Å². The molecule has 0 saturated heterocycles. The van der Waals surface area contributed by atoms with E-state index in [1.54, 1.807) is 6.07 Å². The molecule has 0 aliphatic heterocycles. The minimum absolute atomic E-state index is 0.406. The summed E-state index contributed by atoms with van der Waals surface area (Å²) in [4.78, 5) is 11.2. The molecule has 0 unspecified atom stereocenters. The van der Waals surface area contributed by atoms with Gasteiger partial charge < -0.3 is 5.73 Å². The highest BCUT2D eigenvalue weighted by atomic mass is 19.2. The van der Waals surface area contributed by atoms with Gasteiger partial charge in [-0.1, -0.05) is 30.3 Å². The molecule has 0 fully saturated rings. The number of carbonyl (C=O) groups excluding carboxylic acids is 1. The lowest BCUT2D eigenvalue weighted by Crippen LogP contribution is -2.81. The predicted octanol–water partition coefficient (Wildman–Crippen LogP) is 6.97. The van der Waals surface area contributed by atoms with Crippen molar-refractivity contribution in [2.24, 2.45) is 5.73 Å². The Balaban J connectivity index is 0.000000366. The number of benzene rings is 5. The smallest absolute Gasteiger partial charge is 0.313 e. The highest BCUT2D eigenvalue weighted by molar-refractivity contribution is 7.20. The zero-order chi connectivity index (χ0) is 45.7. The number of carbonyl (C=O) groups is 1. The van der Waals surface area contributed by atoms with Crippen molar-refractivity contribution < 1.29 is 97.2 Å². The van der Waals surface area contributed by atoms with Crippen LogP contribution in [0.4, 0.5) is 87.8 Å². The Bertz CT molecular complexity index is 2390. The Labute approximate surface area is 325 Å². The SMILES string of the molecule is Fc1c(F)c(F)c([B-](c2c(F)c(F)c(F)c(F)c2F)(c2c(F)c(F)c(F)c(F)c2F)c2c(F)c(F)c(F)c(F)c2F)c(F)c1F.NC(=O)c1cccc[n+]1Cc1ccccc1. The third-order valence-electron chi connectivity index (χ3n) is 9.10. The van der Waals surface area contributed by atoms with Crippen LogP contribution in [0, 0.1) is 116 Å². The molecule has 2 N–H and O–H groups in total. The monoisotopic (exact) mass is 892 g/mol. The van der Waals surface area contributed by atoms with Crippen molar-refractivity contribution in [1.82, 2.24) is 0 Å². The first kappa shape index (κ1) is 45.5. The van der Waals surface area contributed by atoms with Gasteiger partial charge in [-0.3, -0.25) is 4.79 Å². The molecule has 0 atom stereocenters. The van der Waals surface area contributed by atoms with Gasteiger partial charge >= 0.3 is 5.91 Å². The maximum Gasteiger partial charge on any atom is 0.313 e. The minimum atomic E-state index is -7.22. The topological polar surface area (TPSA) is 47.0 Å². The number of hydrogen-bond acceptors (Lipinski definition) is 1. The Morgan fingerprint density at radius 3 is 0.885 bits per heavy atom. The maximum atomic E-state index is 15.4. The zero-order valence-electron chi connectivity index (χ0n) is 29.0. The van der Waals surface area contributed by atoms with E-state index in [4.69, 9.17) is 5.73 Å². The normalized spacial score (nSPS) is 11.5. The van der Waals surface area contributed by atoms with E-state index in [1.807, 2.05) is 53.2 Å². The lowest BCUT2D eigenvalue weighted by molar-refractivity contribution is -0.690. The maximum absolute atomic E-state index is 15.4. The van der Waals surface area contributed by atoms with Gasteiger partial charge in [-0.05, 0) is 6.07 Å². The number of primary amides is 1. The van der Waals surface area contributed by atoms with E-state index >= 15 is 35.1 Å². The summed E-state index contributed by atoms with van der Waals surface area (Å²) in [6.07, 6.45) is -5.36. The third-order valence-corrected chi connectivity index (χ3v) is 9.10. The molecule has 6 rings (SSSR count). The van der Waals surface area contributed by atoms with E-state index in [9.17, 15) is 57.5 Å². The van der Waals surface area contributed by atoms with Crippen LogP contribution in [0.5, 0.6) is 0 Å². The second-order valence-corrected chi connectivity index (χ2v) is 12.4. The lowest BCUT2D eigenvalue weighted by atomic mass is 9.12. The quantitative estimate of drug-likeness (QED) is 0.0609. The zero-order valence-corrected chi connectivity index (χ0v) is 29.0. The lowest BCUT2D eigenvalue weighted by Gasteiger charge is -2.44. The summed E-state index contributed by atoms with van der Waals surface area (Å²) in [5.74, 6) is -71.8. The number of nitrogens with zero attached hydrogens (tertiary/aromatic N) is 1. The van der Waals surface area contributed by atoms with Crippen LogP contribution in [0.3, 0.4) is 0 Å². The van der Waals surface area contributed by atoms with Crippen molar-refractivity contribution in [3.05, 3.63) is 182 Å². The fourth-order valence-corrected chi connectivity index (χ4v) is 6.49. The van der Waals surface area contributed by atoms with Crippen LogP contribution in [0.1, 0.15) is 16.1 Å². The minimum Gasteiger partial charge on any atom is -0.360 e. The average molecular weight is 892 g/mol. The van der Waals surface area contributed by atoms with Crippen LogP contribution in [-0.2, 0) is 6.54 Å². The van der Waals surface area contributed by atoms with Crippen LogP contribution in [0.25, 0.3) is 0 Å². The second kappa shape index (κ2) is 16.8. The van der Waals surface area contributed by atoms with E-state index < -0.39 is 150 Å². The predicted molar refractivity (Wildman–Crippen MR) is 170 cm³/mol. The first-order valence-electron chi connectivity index (χ1n) is 16.0. The molecule has 1 aromatic heterocycles. The molecule has 3 nitrogen and oxygen atoms in total. The van der Waals surface area contributed by atoms with E-state index in [0.717, 1.165) is 5.56 Å². The Kier molecular flexibility index (Phi) is 12.5. The average Bonchev–Trinajstić information content (AvgIpc) is 3.24. The Hall–Kier alpha value is -6.62. The summed E-state index contributed by atoms with van der Waals surface area (Å²) in [6.45, 7) is 0.653. The summed E-state index contributed by atoms with van der Waals surface area (Å²) in [7, 11) is 0. The van der Waals surface area contributed by atoms with Gasteiger partial charge in [-0.25, -0.2) is 87.8 Å². The molecule has 0 spiro atoms. The summed E-state index contributed by atoms with van der Waals surface area (Å²) in [5, 5.41) is 0. The van der Waals surface area contributed by atoms with Crippen molar-refractivity contribution in [1.29, 1.82) is 0 Å². The molecule has 1 heterocycles. The summed E-state index contributed by atoms with van der Waals surface area (Å²) >= 11 is 0. The highest BCUT2D eigenvalue weighted by Crippen LogP contribution is 2.30. The van der Waals surface area contributed by atoms with Gasteiger partial charge in [0.15, 0.2) is 82.5 Å². The molecule has 0 bridgehead atoms. The third kappa shape index (κ3) is 7.15. The van der Waals surface area contributed by atoms with Gasteiger partial charge in [0.05, 0.1) is 0 Å². The summed E-state index contributed by atoms with van der Waals surface area (Å²) in [6, 6.07) is 15.4. The number of amides is 1. The highest BCUT2D eigenvalue weighted by Gasteiger charge is 2.52. The summed E-state index contributed by atoms with van der Waals surface area (Å²) < 4.78 is 296. The fraction of sp³-hybridized carbons (Fsp3) is 0.0270. The van der Waals surface area contributed by atoms with Crippen LogP contribution in [-0.4, -0.2) is 12.1 Å². The van der Waals surface area contributed by atoms with Gasteiger partial charge in [0, 0.05) is 17.7 Å². The number of aromatic nitrogens is 1. The van der Waals surface area contributed by atoms with Gasteiger partial charge in [0.2, 0.25) is 0 Å². The molecule has 1 amide bonds. The molecular weight excluding hydrogens is 879 g/mol. The first-order chi connectivity index (χ1) is 28.5. The molecule has 0 saturated carbocycles. The van der Waals surface area contributed by atoms with Crippen LogP contribution in [0.2, 0.25) is 0 Å². The number of halogens is 20. The molecule has 0 radical (unpaired) electrons. The molecule has 0 aliphatic carbocycles. The Morgan fingerprint density at radius 1 is 0.377 bits per heavy atom. The van der Waals surface area contributed by atoms with Crippen LogP contribution in [0.15, 0.2) is 54.7 Å². The summed E-state index contributed by atoms with van der Waals surface area (Å²) in [5.41, 5.74) is -7.36. The largest absolute Gasteiger partial charge is 0.360 e. The van der Waals surface area contributed by atoms with Gasteiger partial charge in [0.25, 0.3) is 5.69 Å². The molecule has 24 heteroatoms. The van der Waals surface area contributed by atoms with Crippen molar-refractivity contribution in [2.75, 3.05) is 0 Å². The van der Waals surface area contributed by atoms with Gasteiger partial charge in [-0.2, -0.15) is 4.57 Å².